The highest BCUT2D eigenvalue weighted by Gasteiger charge is 2.29. The molecule has 2 aromatic carbocycles. The quantitative estimate of drug-likeness (QED) is 0.545. The van der Waals surface area contributed by atoms with E-state index in [1.807, 2.05) is 59.5 Å². The lowest BCUT2D eigenvalue weighted by Crippen LogP contribution is -2.52. The van der Waals surface area contributed by atoms with Gasteiger partial charge in [0.2, 0.25) is 5.91 Å². The Kier molecular flexibility index (Phi) is 6.92. The summed E-state index contributed by atoms with van der Waals surface area (Å²) >= 11 is 6.00. The highest BCUT2D eigenvalue weighted by Crippen LogP contribution is 2.27. The van der Waals surface area contributed by atoms with E-state index in [-0.39, 0.29) is 17.5 Å². The number of carbonyl (C=O) groups is 1. The topological polar surface area (TPSA) is 66.6 Å². The molecular formula is C26H31ClN6O2. The molecule has 5 rings (SSSR count). The summed E-state index contributed by atoms with van der Waals surface area (Å²) < 4.78 is 3.15. The molecule has 0 radical (unpaired) electrons. The number of rotatable bonds is 5. The van der Waals surface area contributed by atoms with Crippen LogP contribution < -0.4 is 10.6 Å². The van der Waals surface area contributed by atoms with Crippen LogP contribution in [0, 0.1) is 0 Å². The number of nitrogens with zero attached hydrogens (tertiary/aromatic N) is 6. The number of likely N-dealkylation sites (tertiary alicyclic amines) is 1. The second kappa shape index (κ2) is 10.3. The summed E-state index contributed by atoms with van der Waals surface area (Å²) in [5.41, 5.74) is 1.87. The zero-order chi connectivity index (χ0) is 24.4. The molecule has 0 bridgehead atoms. The molecule has 2 aliphatic rings. The minimum Gasteiger partial charge on any atom is -0.368 e. The van der Waals surface area contributed by atoms with E-state index < -0.39 is 0 Å². The molecule has 0 unspecified atom stereocenters. The minimum atomic E-state index is -0.124. The van der Waals surface area contributed by atoms with Crippen LogP contribution in [0.2, 0.25) is 5.02 Å². The van der Waals surface area contributed by atoms with Crippen molar-refractivity contribution >= 4 is 23.2 Å². The summed E-state index contributed by atoms with van der Waals surface area (Å²) in [7, 11) is 1.70. The van der Waals surface area contributed by atoms with Gasteiger partial charge in [0.15, 0.2) is 0 Å². The fourth-order valence-electron chi connectivity index (χ4n) is 5.07. The van der Waals surface area contributed by atoms with Gasteiger partial charge < -0.3 is 9.80 Å². The van der Waals surface area contributed by atoms with Gasteiger partial charge in [0.25, 0.3) is 0 Å². The van der Waals surface area contributed by atoms with Crippen molar-refractivity contribution in [1.82, 2.24) is 24.1 Å². The lowest BCUT2D eigenvalue weighted by molar-refractivity contribution is -0.133. The van der Waals surface area contributed by atoms with Crippen LogP contribution in [0.15, 0.2) is 59.4 Å². The number of para-hydroxylation sites is 1. The van der Waals surface area contributed by atoms with Crippen LogP contribution >= 0.6 is 11.6 Å². The maximum absolute atomic E-state index is 13.0. The third kappa shape index (κ3) is 5.13. The van der Waals surface area contributed by atoms with Crippen LogP contribution in [-0.2, 0) is 11.8 Å². The molecule has 0 N–H and O–H groups in total. The minimum absolute atomic E-state index is 0.124. The standard InChI is InChI=1S/C26H31ClN6O2/c1-29-26(35)33(23-5-3-2-4-6-23)25(28-29)20-11-13-30(14-12-20)19-24(34)32-17-15-31(16-18-32)22-9-7-21(27)8-10-22/h2-10,20H,11-19H2,1H3. The Labute approximate surface area is 210 Å². The van der Waals surface area contributed by atoms with E-state index >= 15 is 0 Å². The first-order valence-electron chi connectivity index (χ1n) is 12.2. The number of hydrogen-bond donors (Lipinski definition) is 0. The summed E-state index contributed by atoms with van der Waals surface area (Å²) in [5.74, 6) is 1.20. The Morgan fingerprint density at radius 1 is 0.914 bits per heavy atom. The molecule has 35 heavy (non-hydrogen) atoms. The summed E-state index contributed by atoms with van der Waals surface area (Å²) in [6, 6.07) is 17.6. The average Bonchev–Trinajstić information content (AvgIpc) is 3.19. The van der Waals surface area contributed by atoms with Crippen molar-refractivity contribution in [2.24, 2.45) is 7.05 Å². The maximum atomic E-state index is 13.0. The SMILES string of the molecule is Cn1nc(C2CCN(CC(=O)N3CCN(c4ccc(Cl)cc4)CC3)CC2)n(-c2ccccc2)c1=O. The van der Waals surface area contributed by atoms with Gasteiger partial charge in [0.1, 0.15) is 5.82 Å². The summed E-state index contributed by atoms with van der Waals surface area (Å²) in [6.07, 6.45) is 1.75. The fourth-order valence-corrected chi connectivity index (χ4v) is 5.20. The molecule has 1 amide bonds. The number of aromatic nitrogens is 3. The Balaban J connectivity index is 1.15. The number of benzene rings is 2. The first-order chi connectivity index (χ1) is 17.0. The largest absolute Gasteiger partial charge is 0.368 e. The molecule has 2 fully saturated rings. The number of hydrogen-bond acceptors (Lipinski definition) is 5. The molecule has 0 spiro atoms. The van der Waals surface area contributed by atoms with Gasteiger partial charge >= 0.3 is 5.69 Å². The molecule has 184 valence electrons. The van der Waals surface area contributed by atoms with Gasteiger partial charge in [0.05, 0.1) is 12.2 Å². The lowest BCUT2D eigenvalue weighted by Gasteiger charge is -2.38. The zero-order valence-corrected chi connectivity index (χ0v) is 20.8. The Hall–Kier alpha value is -3.10. The van der Waals surface area contributed by atoms with Crippen molar-refractivity contribution in [2.45, 2.75) is 18.8 Å². The molecule has 9 heteroatoms. The van der Waals surface area contributed by atoms with E-state index in [4.69, 9.17) is 11.6 Å². The molecule has 1 aromatic heterocycles. The number of aryl methyl sites for hydroxylation is 1. The van der Waals surface area contributed by atoms with Crippen LogP contribution in [0.25, 0.3) is 5.69 Å². The third-order valence-corrected chi connectivity index (χ3v) is 7.35. The molecule has 8 nitrogen and oxygen atoms in total. The highest BCUT2D eigenvalue weighted by molar-refractivity contribution is 6.30. The Bertz CT molecular complexity index is 1210. The van der Waals surface area contributed by atoms with Gasteiger partial charge in [-0.15, -0.1) is 0 Å². The molecule has 2 aliphatic heterocycles. The molecular weight excluding hydrogens is 464 g/mol. The summed E-state index contributed by atoms with van der Waals surface area (Å²) in [4.78, 5) is 32.2. The highest BCUT2D eigenvalue weighted by atomic mass is 35.5. The molecule has 0 aliphatic carbocycles. The second-order valence-corrected chi connectivity index (χ2v) is 9.77. The number of amides is 1. The Morgan fingerprint density at radius 2 is 1.57 bits per heavy atom. The smallest absolute Gasteiger partial charge is 0.350 e. The molecule has 3 aromatic rings. The monoisotopic (exact) mass is 494 g/mol. The first-order valence-corrected chi connectivity index (χ1v) is 12.6. The Morgan fingerprint density at radius 3 is 2.23 bits per heavy atom. The number of anilines is 1. The zero-order valence-electron chi connectivity index (χ0n) is 20.0. The van der Waals surface area contributed by atoms with E-state index in [1.165, 1.54) is 4.68 Å². The predicted octanol–water partition coefficient (Wildman–Crippen LogP) is 2.75. The number of piperidine rings is 1. The number of halogens is 1. The van der Waals surface area contributed by atoms with E-state index in [1.54, 1.807) is 11.6 Å². The molecule has 3 heterocycles. The molecule has 2 saturated heterocycles. The first kappa shape index (κ1) is 23.6. The van der Waals surface area contributed by atoms with Crippen molar-refractivity contribution in [3.8, 4) is 5.69 Å². The van der Waals surface area contributed by atoms with E-state index in [0.29, 0.717) is 6.54 Å². The third-order valence-electron chi connectivity index (χ3n) is 7.10. The lowest BCUT2D eigenvalue weighted by atomic mass is 9.95. The summed E-state index contributed by atoms with van der Waals surface area (Å²) in [5, 5.41) is 5.30. The number of carbonyl (C=O) groups excluding carboxylic acids is 1. The van der Waals surface area contributed by atoms with E-state index in [0.717, 1.165) is 74.3 Å². The van der Waals surface area contributed by atoms with Crippen LogP contribution in [0.4, 0.5) is 5.69 Å². The van der Waals surface area contributed by atoms with Gasteiger partial charge in [-0.2, -0.15) is 5.10 Å². The molecule has 0 atom stereocenters. The number of piperazine rings is 1. The van der Waals surface area contributed by atoms with Crippen molar-refractivity contribution in [2.75, 3.05) is 50.7 Å². The van der Waals surface area contributed by atoms with Gasteiger partial charge in [-0.1, -0.05) is 29.8 Å². The van der Waals surface area contributed by atoms with Crippen molar-refractivity contribution in [3.63, 3.8) is 0 Å². The van der Waals surface area contributed by atoms with E-state index in [9.17, 15) is 9.59 Å². The van der Waals surface area contributed by atoms with Crippen LogP contribution in [0.3, 0.4) is 0 Å². The predicted molar refractivity (Wildman–Crippen MR) is 137 cm³/mol. The maximum Gasteiger partial charge on any atom is 0.350 e. The van der Waals surface area contributed by atoms with E-state index in [2.05, 4.69) is 14.9 Å². The van der Waals surface area contributed by atoms with Crippen molar-refractivity contribution < 1.29 is 4.79 Å². The van der Waals surface area contributed by atoms with Gasteiger partial charge in [0, 0.05) is 49.9 Å². The van der Waals surface area contributed by atoms with Crippen molar-refractivity contribution in [1.29, 1.82) is 0 Å². The van der Waals surface area contributed by atoms with Crippen LogP contribution in [0.1, 0.15) is 24.6 Å². The fraction of sp³-hybridized carbons (Fsp3) is 0.423. The van der Waals surface area contributed by atoms with Crippen LogP contribution in [0.5, 0.6) is 0 Å². The van der Waals surface area contributed by atoms with Crippen molar-refractivity contribution in [3.05, 3.63) is 75.9 Å². The average molecular weight is 495 g/mol. The van der Waals surface area contributed by atoms with Crippen LogP contribution in [-0.4, -0.2) is 75.9 Å². The van der Waals surface area contributed by atoms with Gasteiger partial charge in [-0.05, 0) is 62.3 Å². The normalized spacial score (nSPS) is 17.7. The molecule has 0 saturated carbocycles. The van der Waals surface area contributed by atoms with Gasteiger partial charge in [-0.3, -0.25) is 9.69 Å². The van der Waals surface area contributed by atoms with Gasteiger partial charge in [-0.25, -0.2) is 14.0 Å². The second-order valence-electron chi connectivity index (χ2n) is 9.33. The summed E-state index contributed by atoms with van der Waals surface area (Å²) in [6.45, 7) is 5.20.